The maximum atomic E-state index is 12.9. The van der Waals surface area contributed by atoms with Gasteiger partial charge in [0.05, 0.1) is 0 Å². The van der Waals surface area contributed by atoms with Gasteiger partial charge in [0.1, 0.15) is 12.4 Å². The summed E-state index contributed by atoms with van der Waals surface area (Å²) in [6.07, 6.45) is 0. The third-order valence-corrected chi connectivity index (χ3v) is 2.12. The molecule has 6 nitrogen and oxygen atoms in total. The van der Waals surface area contributed by atoms with Crippen LogP contribution < -0.4 is 10.6 Å². The number of hydrogen-bond donors (Lipinski definition) is 2. The summed E-state index contributed by atoms with van der Waals surface area (Å²) in [5.41, 5.74) is 0.0964. The van der Waals surface area contributed by atoms with Gasteiger partial charge in [0, 0.05) is 12.6 Å². The molecular formula is C12H13FN2O4. The van der Waals surface area contributed by atoms with Crippen LogP contribution in [0.1, 0.15) is 10.4 Å². The van der Waals surface area contributed by atoms with Gasteiger partial charge >= 0.3 is 5.97 Å². The first-order valence-corrected chi connectivity index (χ1v) is 5.43. The molecule has 19 heavy (non-hydrogen) atoms. The van der Waals surface area contributed by atoms with Crippen molar-refractivity contribution in [2.45, 2.75) is 0 Å². The Morgan fingerprint density at radius 1 is 1.32 bits per heavy atom. The summed E-state index contributed by atoms with van der Waals surface area (Å²) in [6.45, 7) is -0.808. The van der Waals surface area contributed by atoms with E-state index in [2.05, 4.69) is 15.4 Å². The Bertz CT molecular complexity index is 490. The topological polar surface area (TPSA) is 84.5 Å². The van der Waals surface area contributed by atoms with E-state index in [4.69, 9.17) is 0 Å². The number of rotatable bonds is 5. The molecule has 0 bridgehead atoms. The first-order chi connectivity index (χ1) is 9.02. The molecule has 0 saturated heterocycles. The standard InChI is InChI=1S/C12H13FN2O4/c1-14-10(16)7-19-11(17)6-15-12(18)8-3-2-4-9(13)5-8/h2-5H,6-7H2,1H3,(H,14,16)(H,15,18). The first kappa shape index (κ1) is 14.6. The Balaban J connectivity index is 2.38. The molecule has 2 amide bonds. The summed E-state index contributed by atoms with van der Waals surface area (Å²) in [6, 6.07) is 5.04. The smallest absolute Gasteiger partial charge is 0.325 e. The Hall–Kier alpha value is -2.44. The molecule has 0 heterocycles. The van der Waals surface area contributed by atoms with E-state index >= 15 is 0 Å². The van der Waals surface area contributed by atoms with Crippen molar-refractivity contribution in [2.24, 2.45) is 0 Å². The molecule has 102 valence electrons. The summed E-state index contributed by atoms with van der Waals surface area (Å²) in [4.78, 5) is 33.5. The molecule has 0 unspecified atom stereocenters. The molecule has 0 atom stereocenters. The third-order valence-electron chi connectivity index (χ3n) is 2.12. The minimum Gasteiger partial charge on any atom is -0.454 e. The minimum atomic E-state index is -0.756. The van der Waals surface area contributed by atoms with Crippen LogP contribution in [0.4, 0.5) is 4.39 Å². The fourth-order valence-electron chi connectivity index (χ4n) is 1.15. The zero-order valence-corrected chi connectivity index (χ0v) is 10.2. The molecule has 1 rings (SSSR count). The lowest BCUT2D eigenvalue weighted by atomic mass is 10.2. The number of hydrogen-bond acceptors (Lipinski definition) is 4. The maximum absolute atomic E-state index is 12.9. The van der Waals surface area contributed by atoms with Crippen LogP contribution >= 0.6 is 0 Å². The van der Waals surface area contributed by atoms with Crippen LogP contribution in [-0.4, -0.2) is 38.0 Å². The van der Waals surface area contributed by atoms with Crippen molar-refractivity contribution in [1.82, 2.24) is 10.6 Å². The van der Waals surface area contributed by atoms with Crippen molar-refractivity contribution in [3.8, 4) is 0 Å². The predicted molar refractivity (Wildman–Crippen MR) is 63.8 cm³/mol. The highest BCUT2D eigenvalue weighted by molar-refractivity contribution is 5.96. The van der Waals surface area contributed by atoms with Gasteiger partial charge in [-0.15, -0.1) is 0 Å². The van der Waals surface area contributed by atoms with Gasteiger partial charge in [-0.3, -0.25) is 14.4 Å². The summed E-state index contributed by atoms with van der Waals surface area (Å²) in [5, 5.41) is 4.53. The molecule has 0 aliphatic rings. The number of ether oxygens (including phenoxy) is 1. The van der Waals surface area contributed by atoms with Gasteiger partial charge in [0.25, 0.3) is 11.8 Å². The lowest BCUT2D eigenvalue weighted by Gasteiger charge is -2.06. The van der Waals surface area contributed by atoms with Crippen LogP contribution in [0.25, 0.3) is 0 Å². The molecule has 0 fully saturated rings. The Labute approximate surface area is 108 Å². The maximum Gasteiger partial charge on any atom is 0.325 e. The highest BCUT2D eigenvalue weighted by Gasteiger charge is 2.10. The average Bonchev–Trinajstić information content (AvgIpc) is 2.41. The monoisotopic (exact) mass is 268 g/mol. The van der Waals surface area contributed by atoms with E-state index in [0.717, 1.165) is 6.07 Å². The molecule has 0 spiro atoms. The molecule has 0 radical (unpaired) electrons. The quantitative estimate of drug-likeness (QED) is 0.727. The zero-order valence-electron chi connectivity index (χ0n) is 10.2. The van der Waals surface area contributed by atoms with Crippen LogP contribution in [0.15, 0.2) is 24.3 Å². The molecule has 1 aromatic rings. The second kappa shape index (κ2) is 7.10. The van der Waals surface area contributed by atoms with Crippen molar-refractivity contribution in [3.63, 3.8) is 0 Å². The first-order valence-electron chi connectivity index (χ1n) is 5.43. The zero-order chi connectivity index (χ0) is 14.3. The number of amides is 2. The molecular weight excluding hydrogens is 255 g/mol. The van der Waals surface area contributed by atoms with Crippen LogP contribution in [0.5, 0.6) is 0 Å². The minimum absolute atomic E-state index is 0.0964. The number of likely N-dealkylation sites (N-methyl/N-ethyl adjacent to an activating group) is 1. The molecule has 0 aliphatic heterocycles. The number of carbonyl (C=O) groups is 3. The summed E-state index contributed by atoms with van der Waals surface area (Å²) >= 11 is 0. The van der Waals surface area contributed by atoms with Crippen molar-refractivity contribution in [1.29, 1.82) is 0 Å². The number of benzene rings is 1. The van der Waals surface area contributed by atoms with Gasteiger partial charge in [-0.25, -0.2) is 4.39 Å². The third kappa shape index (κ3) is 5.15. The molecule has 0 aliphatic carbocycles. The van der Waals surface area contributed by atoms with E-state index in [1.165, 1.54) is 25.2 Å². The van der Waals surface area contributed by atoms with Gasteiger partial charge in [-0.2, -0.15) is 0 Å². The van der Waals surface area contributed by atoms with E-state index in [1.807, 2.05) is 0 Å². The van der Waals surface area contributed by atoms with Crippen molar-refractivity contribution in [3.05, 3.63) is 35.6 Å². The number of halogens is 1. The number of esters is 1. The fraction of sp³-hybridized carbons (Fsp3) is 0.250. The van der Waals surface area contributed by atoms with Gasteiger partial charge in [0.15, 0.2) is 6.61 Å². The Morgan fingerprint density at radius 2 is 2.05 bits per heavy atom. The van der Waals surface area contributed by atoms with Crippen LogP contribution in [0.3, 0.4) is 0 Å². The molecule has 2 N–H and O–H groups in total. The van der Waals surface area contributed by atoms with Gasteiger partial charge in [-0.05, 0) is 18.2 Å². The number of carbonyl (C=O) groups excluding carboxylic acids is 3. The van der Waals surface area contributed by atoms with E-state index in [9.17, 15) is 18.8 Å². The molecule has 1 aromatic carbocycles. The average molecular weight is 268 g/mol. The summed E-state index contributed by atoms with van der Waals surface area (Å²) in [7, 11) is 1.40. The summed E-state index contributed by atoms with van der Waals surface area (Å²) in [5.74, 6) is -2.36. The lowest BCUT2D eigenvalue weighted by molar-refractivity contribution is -0.147. The van der Waals surface area contributed by atoms with E-state index in [0.29, 0.717) is 0 Å². The van der Waals surface area contributed by atoms with Crippen molar-refractivity contribution < 1.29 is 23.5 Å². The van der Waals surface area contributed by atoms with Crippen LogP contribution in [-0.2, 0) is 14.3 Å². The highest BCUT2D eigenvalue weighted by Crippen LogP contribution is 2.02. The van der Waals surface area contributed by atoms with Gasteiger partial charge in [0.2, 0.25) is 0 Å². The van der Waals surface area contributed by atoms with E-state index in [1.54, 1.807) is 0 Å². The predicted octanol–water partition coefficient (Wildman–Crippen LogP) is -0.155. The van der Waals surface area contributed by atoms with Crippen molar-refractivity contribution in [2.75, 3.05) is 20.2 Å². The van der Waals surface area contributed by atoms with Gasteiger partial charge in [-0.1, -0.05) is 6.07 Å². The van der Waals surface area contributed by atoms with Crippen molar-refractivity contribution >= 4 is 17.8 Å². The second-order valence-corrected chi connectivity index (χ2v) is 3.53. The lowest BCUT2D eigenvalue weighted by Crippen LogP contribution is -2.33. The molecule has 0 saturated carbocycles. The molecule has 0 aromatic heterocycles. The van der Waals surface area contributed by atoms with Crippen LogP contribution in [0, 0.1) is 5.82 Å². The van der Waals surface area contributed by atoms with Gasteiger partial charge < -0.3 is 15.4 Å². The normalized spacial score (nSPS) is 9.58. The summed E-state index contributed by atoms with van der Waals surface area (Å²) < 4.78 is 17.4. The second-order valence-electron chi connectivity index (χ2n) is 3.53. The largest absolute Gasteiger partial charge is 0.454 e. The number of nitrogens with one attached hydrogen (secondary N) is 2. The van der Waals surface area contributed by atoms with E-state index in [-0.39, 0.29) is 5.56 Å². The SMILES string of the molecule is CNC(=O)COC(=O)CNC(=O)c1cccc(F)c1. The fourth-order valence-corrected chi connectivity index (χ4v) is 1.15. The van der Waals surface area contributed by atoms with Crippen LogP contribution in [0.2, 0.25) is 0 Å². The Kier molecular flexibility index (Phi) is 5.46. The highest BCUT2D eigenvalue weighted by atomic mass is 19.1. The van der Waals surface area contributed by atoms with E-state index < -0.39 is 36.8 Å². The Morgan fingerprint density at radius 3 is 2.68 bits per heavy atom. The molecule has 7 heteroatoms.